The lowest BCUT2D eigenvalue weighted by molar-refractivity contribution is -0.113. The minimum absolute atomic E-state index is 0.0686. The smallest absolute Gasteiger partial charge is 0.264 e. The summed E-state index contributed by atoms with van der Waals surface area (Å²) in [6.45, 7) is 1.85. The van der Waals surface area contributed by atoms with Crippen LogP contribution in [0.1, 0.15) is 18.1 Å². The summed E-state index contributed by atoms with van der Waals surface area (Å²) >= 11 is 10.1. The lowest BCUT2D eigenvalue weighted by Crippen LogP contribution is -2.17. The molecule has 2 heterocycles. The third-order valence-corrected chi connectivity index (χ3v) is 7.94. The summed E-state index contributed by atoms with van der Waals surface area (Å²) in [5.41, 5.74) is 5.59. The molecule has 37 heavy (non-hydrogen) atoms. The highest BCUT2D eigenvalue weighted by atomic mass is 35.5. The zero-order chi connectivity index (χ0) is 26.0. The number of thioether (sulfide) groups is 2. The van der Waals surface area contributed by atoms with E-state index in [0.29, 0.717) is 21.1 Å². The van der Waals surface area contributed by atoms with E-state index in [2.05, 4.69) is 36.2 Å². The number of hydrogen-bond donors (Lipinski definition) is 3. The van der Waals surface area contributed by atoms with E-state index >= 15 is 0 Å². The Kier molecular flexibility index (Phi) is 9.54. The molecule has 0 saturated carbocycles. The molecule has 4 aromatic rings. The van der Waals surface area contributed by atoms with Crippen LogP contribution in [-0.2, 0) is 10.5 Å². The third-order valence-electron chi connectivity index (χ3n) is 4.61. The largest absolute Gasteiger partial charge is 0.334 e. The van der Waals surface area contributed by atoms with Crippen molar-refractivity contribution < 1.29 is 4.79 Å². The third kappa shape index (κ3) is 8.05. The van der Waals surface area contributed by atoms with Crippen LogP contribution in [0.4, 0.5) is 11.1 Å². The quantitative estimate of drug-likeness (QED) is 0.0745. The molecule has 2 aromatic carbocycles. The molecule has 0 fully saturated rings. The number of nitrogens with two attached hydrogens (primary N) is 1. The Morgan fingerprint density at radius 3 is 2.70 bits per heavy atom. The molecule has 0 radical (unpaired) electrons. The number of hydrazone groups is 1. The van der Waals surface area contributed by atoms with Crippen LogP contribution in [0.3, 0.4) is 0 Å². The number of amides is 1. The maximum absolute atomic E-state index is 12.4. The molecular formula is C23H22ClN9OS3. The van der Waals surface area contributed by atoms with E-state index in [9.17, 15) is 4.79 Å². The summed E-state index contributed by atoms with van der Waals surface area (Å²) in [6, 6.07) is 17.5. The van der Waals surface area contributed by atoms with Crippen molar-refractivity contribution >= 4 is 75.2 Å². The second kappa shape index (κ2) is 13.2. The molecule has 10 nitrogen and oxygen atoms in total. The van der Waals surface area contributed by atoms with Gasteiger partial charge in [0, 0.05) is 10.8 Å². The fourth-order valence-electron chi connectivity index (χ4n) is 2.77. The van der Waals surface area contributed by atoms with Crippen LogP contribution < -0.4 is 16.6 Å². The first kappa shape index (κ1) is 26.7. The molecule has 14 heteroatoms. The Labute approximate surface area is 230 Å². The van der Waals surface area contributed by atoms with E-state index in [1.165, 1.54) is 27.8 Å². The number of allylic oxidation sites excluding steroid dienone is 1. The highest BCUT2D eigenvalue weighted by Gasteiger charge is 2.14. The van der Waals surface area contributed by atoms with Gasteiger partial charge in [0.2, 0.25) is 16.2 Å². The van der Waals surface area contributed by atoms with Crippen LogP contribution in [0.2, 0.25) is 5.02 Å². The molecule has 190 valence electrons. The van der Waals surface area contributed by atoms with E-state index in [-0.39, 0.29) is 17.6 Å². The zero-order valence-electron chi connectivity index (χ0n) is 19.5. The summed E-state index contributed by atoms with van der Waals surface area (Å²) in [6.07, 6.45) is 3.82. The molecule has 0 atom stereocenters. The molecule has 2 aromatic heterocycles. The lowest BCUT2D eigenvalue weighted by Gasteiger charge is -2.03. The van der Waals surface area contributed by atoms with E-state index in [0.717, 1.165) is 32.9 Å². The predicted octanol–water partition coefficient (Wildman–Crippen LogP) is 5.02. The number of carbonyl (C=O) groups is 1. The van der Waals surface area contributed by atoms with Crippen LogP contribution in [0, 0.1) is 0 Å². The number of benzene rings is 2. The summed E-state index contributed by atoms with van der Waals surface area (Å²) in [5.74, 6) is 6.76. The van der Waals surface area contributed by atoms with Gasteiger partial charge in [0.15, 0.2) is 4.34 Å². The van der Waals surface area contributed by atoms with E-state index in [4.69, 9.17) is 17.4 Å². The molecule has 0 aliphatic rings. The van der Waals surface area contributed by atoms with Crippen LogP contribution in [-0.4, -0.2) is 42.4 Å². The number of nitrogen functional groups attached to an aromatic ring is 1. The fourth-order valence-corrected chi connectivity index (χ4v) is 5.48. The summed E-state index contributed by atoms with van der Waals surface area (Å²) in [4.78, 5) is 12.4. The number of aromatic nitrogens is 5. The summed E-state index contributed by atoms with van der Waals surface area (Å²) < 4.78 is 1.97. The molecule has 0 unspecified atom stereocenters. The minimum atomic E-state index is -0.263. The number of nitrogens with zero attached hydrogens (tertiary/aromatic N) is 6. The molecular weight excluding hydrogens is 550 g/mol. The van der Waals surface area contributed by atoms with Gasteiger partial charge in [-0.15, -0.1) is 20.4 Å². The topological polar surface area (TPSA) is 136 Å². The second-order valence-electron chi connectivity index (χ2n) is 7.38. The Hall–Kier alpha value is -3.39. The fraction of sp³-hybridized carbons (Fsp3) is 0.130. The van der Waals surface area contributed by atoms with Crippen molar-refractivity contribution in [1.82, 2.24) is 25.1 Å². The summed E-state index contributed by atoms with van der Waals surface area (Å²) in [5, 5.41) is 24.6. The lowest BCUT2D eigenvalue weighted by atomic mass is 10.2. The van der Waals surface area contributed by atoms with Crippen molar-refractivity contribution in [3.63, 3.8) is 0 Å². The van der Waals surface area contributed by atoms with E-state index in [1.807, 2.05) is 73.7 Å². The number of nitrogens with one attached hydrogen (secondary N) is 2. The van der Waals surface area contributed by atoms with E-state index < -0.39 is 0 Å². The van der Waals surface area contributed by atoms with Crippen LogP contribution in [0.15, 0.2) is 75.3 Å². The monoisotopic (exact) mass is 571 g/mol. The molecule has 0 bridgehead atoms. The summed E-state index contributed by atoms with van der Waals surface area (Å²) in [7, 11) is 0. The van der Waals surface area contributed by atoms with Crippen molar-refractivity contribution in [2.45, 2.75) is 22.2 Å². The average Bonchev–Trinajstić information content (AvgIpc) is 3.50. The number of rotatable bonds is 11. The molecule has 1 amide bonds. The minimum Gasteiger partial charge on any atom is -0.334 e. The number of hydrogen-bond acceptors (Lipinski definition) is 11. The van der Waals surface area contributed by atoms with Crippen LogP contribution in [0.25, 0.3) is 6.08 Å². The van der Waals surface area contributed by atoms with Crippen LogP contribution >= 0.6 is 46.5 Å². The van der Waals surface area contributed by atoms with Gasteiger partial charge in [-0.3, -0.25) is 10.1 Å². The second-order valence-corrected chi connectivity index (χ2v) is 10.9. The van der Waals surface area contributed by atoms with Gasteiger partial charge in [-0.25, -0.2) is 10.1 Å². The molecule has 4 N–H and O–H groups in total. The number of anilines is 2. The first-order valence-corrected chi connectivity index (χ1v) is 14.0. The molecule has 0 saturated heterocycles. The molecule has 4 rings (SSSR count). The van der Waals surface area contributed by atoms with Gasteiger partial charge in [0.25, 0.3) is 5.95 Å². The average molecular weight is 572 g/mol. The predicted molar refractivity (Wildman–Crippen MR) is 153 cm³/mol. The maximum atomic E-state index is 12.4. The Bertz CT molecular complexity index is 1410. The molecule has 0 aliphatic carbocycles. The molecule has 0 aliphatic heterocycles. The van der Waals surface area contributed by atoms with Gasteiger partial charge < -0.3 is 5.84 Å². The highest BCUT2D eigenvalue weighted by molar-refractivity contribution is 8.00. The van der Waals surface area contributed by atoms with Crippen molar-refractivity contribution in [3.05, 3.63) is 76.8 Å². The first-order chi connectivity index (χ1) is 18.0. The van der Waals surface area contributed by atoms with Gasteiger partial charge in [0.05, 0.1) is 11.5 Å². The Morgan fingerprint density at radius 1 is 1.11 bits per heavy atom. The van der Waals surface area contributed by atoms with Crippen molar-refractivity contribution in [2.75, 3.05) is 22.3 Å². The normalized spacial score (nSPS) is 11.7. The standard InChI is InChI=1S/C23H22ClN9OS3/c1-15(11-12-16-7-3-2-4-8-16)27-28-20-29-31-22(33(20)25)35-14-19(34)26-21-30-32-23(37-21)36-13-17-9-5-6-10-18(17)24/h2-12H,13-14,25H2,1H3,(H,28,29)(H,26,30,34)/b12-11+,27-15+. The van der Waals surface area contributed by atoms with Crippen molar-refractivity contribution in [2.24, 2.45) is 5.10 Å². The Morgan fingerprint density at radius 2 is 1.89 bits per heavy atom. The van der Waals surface area contributed by atoms with Crippen molar-refractivity contribution in [1.29, 1.82) is 0 Å². The zero-order valence-corrected chi connectivity index (χ0v) is 22.7. The van der Waals surface area contributed by atoms with Gasteiger partial charge in [-0.05, 0) is 30.2 Å². The molecule has 0 spiro atoms. The van der Waals surface area contributed by atoms with Gasteiger partial charge >= 0.3 is 0 Å². The van der Waals surface area contributed by atoms with Gasteiger partial charge in [0.1, 0.15) is 0 Å². The van der Waals surface area contributed by atoms with Gasteiger partial charge in [-0.1, -0.05) is 101 Å². The van der Waals surface area contributed by atoms with Gasteiger partial charge in [-0.2, -0.15) is 5.10 Å². The number of carbonyl (C=O) groups excluding carboxylic acids is 1. The highest BCUT2D eigenvalue weighted by Crippen LogP contribution is 2.30. The van der Waals surface area contributed by atoms with Crippen LogP contribution in [0.5, 0.6) is 0 Å². The maximum Gasteiger partial charge on any atom is 0.264 e. The van der Waals surface area contributed by atoms with Crippen molar-refractivity contribution in [3.8, 4) is 0 Å². The Balaban J connectivity index is 1.23. The first-order valence-electron chi connectivity index (χ1n) is 10.8. The van der Waals surface area contributed by atoms with E-state index in [1.54, 1.807) is 0 Å². The SMILES string of the molecule is CC(/C=C/c1ccccc1)=N\Nc1nnc(SCC(=O)Nc2nnc(SCc3ccccc3Cl)s2)n1N. The number of halogens is 1.